The Kier molecular flexibility index (Phi) is 8.93. The van der Waals surface area contributed by atoms with Gasteiger partial charge in [-0.15, -0.1) is 0 Å². The summed E-state index contributed by atoms with van der Waals surface area (Å²) in [5.74, 6) is 0. The fraction of sp³-hybridized carbons (Fsp3) is 0.333. The fourth-order valence-electron chi connectivity index (χ4n) is 9.61. The lowest BCUT2D eigenvalue weighted by Gasteiger charge is -2.38. The van der Waals surface area contributed by atoms with E-state index in [-0.39, 0.29) is 11.6 Å². The topological polar surface area (TPSA) is 12.5 Å². The van der Waals surface area contributed by atoms with Gasteiger partial charge in [0.05, 0.1) is 19.7 Å². The molecule has 0 N–H and O–H groups in total. The molecule has 0 saturated heterocycles. The Balaban J connectivity index is 1.29. The maximum absolute atomic E-state index is 6.10. The number of rotatable bonds is 11. The normalized spacial score (nSPS) is 17.2. The molecule has 5 aromatic rings. The van der Waals surface area contributed by atoms with Crippen molar-refractivity contribution in [3.05, 3.63) is 160 Å². The number of anilines is 1. The van der Waals surface area contributed by atoms with E-state index in [9.17, 15) is 0 Å². The van der Waals surface area contributed by atoms with E-state index in [2.05, 4.69) is 161 Å². The zero-order valence-corrected chi connectivity index (χ0v) is 32.4. The van der Waals surface area contributed by atoms with E-state index in [4.69, 9.17) is 4.74 Å². The average molecular weight is 688 g/mol. The average Bonchev–Trinajstić information content (AvgIpc) is 3.74. The van der Waals surface area contributed by atoms with Crippen LogP contribution in [0.2, 0.25) is 12.6 Å². The lowest BCUT2D eigenvalue weighted by Crippen LogP contribution is -2.40. The zero-order valence-electron chi connectivity index (χ0n) is 31.4. The fourth-order valence-corrected chi connectivity index (χ4v) is 15.0. The first-order valence-electron chi connectivity index (χ1n) is 19.2. The summed E-state index contributed by atoms with van der Waals surface area (Å²) in [7, 11) is -2.32. The van der Waals surface area contributed by atoms with Gasteiger partial charge in [-0.05, 0) is 108 Å². The number of unbranched alkanes of at least 4 members (excludes halogenated alkanes) is 3. The third-order valence-electron chi connectivity index (χ3n) is 11.9. The van der Waals surface area contributed by atoms with Gasteiger partial charge in [0.2, 0.25) is 0 Å². The summed E-state index contributed by atoms with van der Waals surface area (Å²) >= 11 is 0. The maximum atomic E-state index is 6.10. The van der Waals surface area contributed by atoms with E-state index >= 15 is 0 Å². The Bertz CT molecular complexity index is 2070. The number of hydrogen-bond acceptors (Lipinski definition) is 2. The largest absolute Gasteiger partial charge is 0.376 e. The molecule has 2 nitrogen and oxygen atoms in total. The second-order valence-corrected chi connectivity index (χ2v) is 20.9. The molecule has 0 bridgehead atoms. The highest BCUT2D eigenvalue weighted by atomic mass is 28.3. The van der Waals surface area contributed by atoms with Crippen LogP contribution in [0.3, 0.4) is 0 Å². The van der Waals surface area contributed by atoms with Gasteiger partial charge in [-0.2, -0.15) is 0 Å². The van der Waals surface area contributed by atoms with E-state index < -0.39 is 8.07 Å². The summed E-state index contributed by atoms with van der Waals surface area (Å²) in [5, 5.41) is 1.70. The van der Waals surface area contributed by atoms with Crippen molar-refractivity contribution in [2.24, 2.45) is 0 Å². The molecule has 260 valence electrons. The second-order valence-electron chi connectivity index (χ2n) is 16.5. The minimum atomic E-state index is -2.32. The molecule has 3 heteroatoms. The smallest absolute Gasteiger partial charge is 0.0970 e. The molecule has 2 unspecified atom stereocenters. The summed E-state index contributed by atoms with van der Waals surface area (Å²) in [6, 6.07) is 45.8. The Morgan fingerprint density at radius 1 is 0.647 bits per heavy atom. The molecule has 1 heterocycles. The van der Waals surface area contributed by atoms with Gasteiger partial charge in [0.25, 0.3) is 0 Å². The lowest BCUT2D eigenvalue weighted by atomic mass is 10.0. The van der Waals surface area contributed by atoms with Crippen molar-refractivity contribution in [3.8, 4) is 11.1 Å². The second kappa shape index (κ2) is 13.4. The van der Waals surface area contributed by atoms with E-state index in [0.717, 1.165) is 19.6 Å². The van der Waals surface area contributed by atoms with E-state index in [1.165, 1.54) is 75.5 Å². The molecular formula is C48H53NOSi. The van der Waals surface area contributed by atoms with Gasteiger partial charge < -0.3 is 9.64 Å². The molecule has 3 aliphatic rings. The van der Waals surface area contributed by atoms with E-state index in [1.54, 1.807) is 21.9 Å². The predicted molar refractivity (Wildman–Crippen MR) is 219 cm³/mol. The Morgan fingerprint density at radius 3 is 1.94 bits per heavy atom. The number of benzene rings is 5. The van der Waals surface area contributed by atoms with E-state index in [0.29, 0.717) is 5.54 Å². The molecule has 0 fully saturated rings. The van der Waals surface area contributed by atoms with Crippen LogP contribution in [-0.2, 0) is 11.3 Å². The van der Waals surface area contributed by atoms with Crippen LogP contribution < -0.4 is 4.90 Å². The number of aryl methyl sites for hydroxylation is 2. The number of fused-ring (bicyclic) bond motifs is 8. The van der Waals surface area contributed by atoms with Crippen LogP contribution >= 0.6 is 0 Å². The highest BCUT2D eigenvalue weighted by molar-refractivity contribution is 6.99. The first kappa shape index (κ1) is 33.9. The van der Waals surface area contributed by atoms with Crippen molar-refractivity contribution < 1.29 is 4.74 Å². The van der Waals surface area contributed by atoms with Crippen molar-refractivity contribution >= 4 is 24.5 Å². The van der Waals surface area contributed by atoms with Crippen molar-refractivity contribution in [2.75, 3.05) is 11.5 Å². The van der Waals surface area contributed by atoms with Crippen LogP contribution in [0, 0.1) is 13.8 Å². The lowest BCUT2D eigenvalue weighted by molar-refractivity contribution is -0.00471. The molecule has 8 rings (SSSR count). The van der Waals surface area contributed by atoms with Crippen molar-refractivity contribution in [2.45, 2.75) is 96.6 Å². The molecule has 2 aliphatic carbocycles. The summed E-state index contributed by atoms with van der Waals surface area (Å²) in [6.45, 7) is 15.5. The third-order valence-corrected chi connectivity index (χ3v) is 16.9. The van der Waals surface area contributed by atoms with Gasteiger partial charge in [-0.1, -0.05) is 141 Å². The summed E-state index contributed by atoms with van der Waals surface area (Å²) in [4.78, 5) is 2.73. The minimum absolute atomic E-state index is 0.0714. The molecule has 0 radical (unpaired) electrons. The van der Waals surface area contributed by atoms with Crippen LogP contribution in [0.4, 0.5) is 5.69 Å². The standard InChI is InChI=1S/C48H53NOSi/c1-33-27-28-43-42(31-33)44-45(49(43)32-35-20-10-9-19-34(35)2)38-23-13-16-26-41(38)47(44)51(6,30-18-8-7-17-29-50-48(3,4)5)46-39-24-14-11-21-36(39)37-22-12-15-25-40(37)46/h9-16,19-28,31,45-46H,7-8,17-18,29-30,32H2,1-6H3. The quantitative estimate of drug-likeness (QED) is 0.101. The monoisotopic (exact) mass is 687 g/mol. The highest BCUT2D eigenvalue weighted by Gasteiger charge is 2.53. The molecule has 0 aromatic heterocycles. The first-order chi connectivity index (χ1) is 24.7. The number of hydrogen-bond donors (Lipinski definition) is 0. The summed E-state index contributed by atoms with van der Waals surface area (Å²) in [5.41, 5.74) is 17.8. The SMILES string of the molecule is Cc1ccc2c(c1)C1=C([Si](C)(CCCCCCOC(C)(C)C)C3c4ccccc4-c4ccccc43)c3ccccc3C1N2Cc1ccccc1C. The summed E-state index contributed by atoms with van der Waals surface area (Å²) in [6.07, 6.45) is 4.84. The van der Waals surface area contributed by atoms with Crippen LogP contribution in [0.15, 0.2) is 115 Å². The minimum Gasteiger partial charge on any atom is -0.376 e. The third kappa shape index (κ3) is 6.03. The Hall–Kier alpha value is -4.18. The van der Waals surface area contributed by atoms with Crippen LogP contribution in [0.25, 0.3) is 21.9 Å². The van der Waals surface area contributed by atoms with Crippen molar-refractivity contribution in [1.82, 2.24) is 0 Å². The van der Waals surface area contributed by atoms with Gasteiger partial charge in [-0.3, -0.25) is 0 Å². The summed E-state index contributed by atoms with van der Waals surface area (Å²) < 4.78 is 6.10. The van der Waals surface area contributed by atoms with Crippen LogP contribution in [0.1, 0.15) is 103 Å². The van der Waals surface area contributed by atoms with Gasteiger partial charge in [0.15, 0.2) is 0 Å². The molecule has 51 heavy (non-hydrogen) atoms. The van der Waals surface area contributed by atoms with Gasteiger partial charge >= 0.3 is 0 Å². The molecule has 1 aliphatic heterocycles. The van der Waals surface area contributed by atoms with Gasteiger partial charge in [-0.25, -0.2) is 0 Å². The Labute approximate surface area is 307 Å². The maximum Gasteiger partial charge on any atom is 0.0970 e. The first-order valence-corrected chi connectivity index (χ1v) is 22.0. The van der Waals surface area contributed by atoms with Gasteiger partial charge in [0.1, 0.15) is 0 Å². The van der Waals surface area contributed by atoms with Crippen molar-refractivity contribution in [3.63, 3.8) is 0 Å². The number of nitrogens with zero attached hydrogens (tertiary/aromatic N) is 1. The highest BCUT2D eigenvalue weighted by Crippen LogP contribution is 2.63. The number of ether oxygens (including phenoxy) is 1. The molecule has 5 aromatic carbocycles. The zero-order chi connectivity index (χ0) is 35.3. The molecule has 0 saturated carbocycles. The molecular weight excluding hydrogens is 635 g/mol. The van der Waals surface area contributed by atoms with E-state index in [1.807, 2.05) is 0 Å². The van der Waals surface area contributed by atoms with Crippen LogP contribution in [-0.4, -0.2) is 20.3 Å². The van der Waals surface area contributed by atoms with Crippen molar-refractivity contribution in [1.29, 1.82) is 0 Å². The molecule has 0 spiro atoms. The van der Waals surface area contributed by atoms with Crippen LogP contribution in [0.5, 0.6) is 0 Å². The molecule has 0 amide bonds. The predicted octanol–water partition coefficient (Wildman–Crippen LogP) is 12.6. The van der Waals surface area contributed by atoms with Gasteiger partial charge in [0, 0.05) is 29.9 Å². The molecule has 2 atom stereocenters. The Morgan fingerprint density at radius 2 is 1.25 bits per heavy atom.